The molecule has 0 aromatic heterocycles. The van der Waals surface area contributed by atoms with Crippen molar-refractivity contribution in [3.05, 3.63) is 23.8 Å². The van der Waals surface area contributed by atoms with Gasteiger partial charge in [0.25, 0.3) is 0 Å². The molecule has 2 saturated heterocycles. The highest BCUT2D eigenvalue weighted by atomic mass is 16.6. The maximum atomic E-state index is 13.8. The van der Waals surface area contributed by atoms with Crippen molar-refractivity contribution in [3.8, 4) is 11.5 Å². The van der Waals surface area contributed by atoms with E-state index in [2.05, 4.69) is 27.7 Å². The van der Waals surface area contributed by atoms with E-state index in [9.17, 15) is 9.90 Å². The number of carbonyl (C=O) groups is 1. The summed E-state index contributed by atoms with van der Waals surface area (Å²) in [6.45, 7) is 15.4. The first-order valence-electron chi connectivity index (χ1n) is 14.0. The van der Waals surface area contributed by atoms with Crippen LogP contribution in [0.2, 0.25) is 0 Å². The molecule has 1 aromatic carbocycles. The minimum atomic E-state index is -0.829. The lowest BCUT2D eigenvalue weighted by Gasteiger charge is -2.36. The number of aliphatic hydroxyl groups excluding tert-OH is 1. The smallest absolute Gasteiger partial charge is 0.411 e. The van der Waals surface area contributed by atoms with Crippen molar-refractivity contribution in [2.45, 2.75) is 97.8 Å². The number of nitrogens with zero attached hydrogens (tertiary/aromatic N) is 1. The minimum absolute atomic E-state index is 0.0325. The summed E-state index contributed by atoms with van der Waals surface area (Å²) in [5.74, 6) is 2.07. The van der Waals surface area contributed by atoms with Crippen molar-refractivity contribution in [2.24, 2.45) is 23.7 Å². The molecule has 8 heteroatoms. The van der Waals surface area contributed by atoms with E-state index in [4.69, 9.17) is 23.7 Å². The van der Waals surface area contributed by atoms with Gasteiger partial charge >= 0.3 is 6.09 Å². The quantitative estimate of drug-likeness (QED) is 0.378. The van der Waals surface area contributed by atoms with Gasteiger partial charge in [-0.3, -0.25) is 4.90 Å². The molecule has 0 bridgehead atoms. The Kier molecular flexibility index (Phi) is 10.3. The van der Waals surface area contributed by atoms with Gasteiger partial charge in [0.15, 0.2) is 17.8 Å². The first kappa shape index (κ1) is 30.5. The van der Waals surface area contributed by atoms with E-state index in [1.807, 2.05) is 43.9 Å². The molecule has 6 atom stereocenters. The molecule has 1 unspecified atom stereocenters. The Bertz CT molecular complexity index is 912. The average molecular weight is 536 g/mol. The topological polar surface area (TPSA) is 86.7 Å². The molecule has 8 nitrogen and oxygen atoms in total. The predicted molar refractivity (Wildman–Crippen MR) is 146 cm³/mol. The number of carbonyl (C=O) groups excluding carboxylic acids is 1. The SMILES string of the molecule is COCCCOc1cc([C@@H]2[C@@H](C(C)C)C[C@H]([C@H]3C[C@H](C(C)C)C(O)O3)N2C(=O)OC(C)(C)C)ccc1OC. The van der Waals surface area contributed by atoms with E-state index < -0.39 is 11.9 Å². The van der Waals surface area contributed by atoms with Crippen LogP contribution in [0.25, 0.3) is 0 Å². The highest BCUT2D eigenvalue weighted by molar-refractivity contribution is 5.70. The Balaban J connectivity index is 2.02. The van der Waals surface area contributed by atoms with Crippen molar-refractivity contribution in [1.82, 2.24) is 4.90 Å². The number of hydrogen-bond donors (Lipinski definition) is 1. The van der Waals surface area contributed by atoms with Crippen LogP contribution >= 0.6 is 0 Å². The number of likely N-dealkylation sites (tertiary alicyclic amines) is 1. The fraction of sp³-hybridized carbons (Fsp3) is 0.767. The lowest BCUT2D eigenvalue weighted by molar-refractivity contribution is -0.127. The molecule has 3 rings (SSSR count). The number of methoxy groups -OCH3 is 2. The van der Waals surface area contributed by atoms with Gasteiger partial charge in [-0.1, -0.05) is 33.8 Å². The van der Waals surface area contributed by atoms with E-state index in [0.29, 0.717) is 37.1 Å². The number of ether oxygens (including phenoxy) is 5. The number of amides is 1. The van der Waals surface area contributed by atoms with Crippen LogP contribution in [0.4, 0.5) is 4.79 Å². The molecule has 0 spiro atoms. The van der Waals surface area contributed by atoms with E-state index >= 15 is 0 Å². The molecule has 2 fully saturated rings. The van der Waals surface area contributed by atoms with Crippen LogP contribution in [0.5, 0.6) is 11.5 Å². The van der Waals surface area contributed by atoms with Crippen LogP contribution in [0.15, 0.2) is 18.2 Å². The molecule has 1 N–H and O–H groups in total. The molecular formula is C30H49NO7. The largest absolute Gasteiger partial charge is 0.493 e. The Morgan fingerprint density at radius 1 is 1.05 bits per heavy atom. The van der Waals surface area contributed by atoms with Crippen molar-refractivity contribution < 1.29 is 33.6 Å². The summed E-state index contributed by atoms with van der Waals surface area (Å²) in [4.78, 5) is 15.7. The maximum Gasteiger partial charge on any atom is 0.411 e. The second-order valence-corrected chi connectivity index (χ2v) is 12.4. The molecule has 0 radical (unpaired) electrons. The lowest BCUT2D eigenvalue weighted by atomic mass is 9.83. The molecule has 0 aliphatic carbocycles. The summed E-state index contributed by atoms with van der Waals surface area (Å²) in [6.07, 6.45) is 0.771. The highest BCUT2D eigenvalue weighted by Crippen LogP contribution is 2.50. The number of hydrogen-bond acceptors (Lipinski definition) is 7. The zero-order chi connectivity index (χ0) is 28.2. The predicted octanol–water partition coefficient (Wildman–Crippen LogP) is 5.81. The third kappa shape index (κ3) is 7.13. The van der Waals surface area contributed by atoms with Gasteiger partial charge < -0.3 is 28.8 Å². The van der Waals surface area contributed by atoms with E-state index in [-0.39, 0.29) is 42.0 Å². The lowest BCUT2D eigenvalue weighted by Crippen LogP contribution is -2.46. The standard InChI is InChI=1S/C30H49NO7/c1-18(2)21-16-23(25-17-22(19(3)4)28(32)37-25)31(29(33)38-30(5,6)7)27(21)20-11-12-24(35-9)26(15-20)36-14-10-13-34-8/h11-12,15,18-19,21-23,25,27-28,32H,10,13-14,16-17H2,1-9H3/t21-,22-,23-,25-,27-,28?/m1/s1. The van der Waals surface area contributed by atoms with Gasteiger partial charge in [0, 0.05) is 26.1 Å². The van der Waals surface area contributed by atoms with Gasteiger partial charge in [-0.25, -0.2) is 4.79 Å². The van der Waals surface area contributed by atoms with E-state index in [0.717, 1.165) is 18.4 Å². The molecule has 0 saturated carbocycles. The van der Waals surface area contributed by atoms with Gasteiger partial charge in [0.1, 0.15) is 5.60 Å². The molecule has 1 amide bonds. The van der Waals surface area contributed by atoms with E-state index in [1.165, 1.54) is 0 Å². The minimum Gasteiger partial charge on any atom is -0.493 e. The fourth-order valence-electron chi connectivity index (χ4n) is 5.82. The Morgan fingerprint density at radius 3 is 2.29 bits per heavy atom. The van der Waals surface area contributed by atoms with Gasteiger partial charge in [-0.2, -0.15) is 0 Å². The Labute approximate surface area is 228 Å². The van der Waals surface area contributed by atoms with Crippen LogP contribution in [-0.4, -0.2) is 67.6 Å². The van der Waals surface area contributed by atoms with Crippen molar-refractivity contribution in [2.75, 3.05) is 27.4 Å². The zero-order valence-corrected chi connectivity index (χ0v) is 24.7. The molecule has 38 heavy (non-hydrogen) atoms. The summed E-state index contributed by atoms with van der Waals surface area (Å²) in [6, 6.07) is 5.47. The number of rotatable bonds is 10. The summed E-state index contributed by atoms with van der Waals surface area (Å²) in [5.41, 5.74) is 0.326. The maximum absolute atomic E-state index is 13.8. The average Bonchev–Trinajstić information content (AvgIpc) is 3.42. The van der Waals surface area contributed by atoms with Crippen molar-refractivity contribution in [3.63, 3.8) is 0 Å². The molecular weight excluding hydrogens is 486 g/mol. The van der Waals surface area contributed by atoms with Gasteiger partial charge in [-0.15, -0.1) is 0 Å². The monoisotopic (exact) mass is 535 g/mol. The van der Waals surface area contributed by atoms with Crippen LogP contribution in [0, 0.1) is 23.7 Å². The van der Waals surface area contributed by atoms with Crippen molar-refractivity contribution in [1.29, 1.82) is 0 Å². The van der Waals surface area contributed by atoms with Crippen LogP contribution in [0.1, 0.15) is 79.3 Å². The first-order chi connectivity index (χ1) is 17.9. The molecule has 2 aliphatic rings. The summed E-state index contributed by atoms with van der Waals surface area (Å²) >= 11 is 0. The summed E-state index contributed by atoms with van der Waals surface area (Å²) in [7, 11) is 3.30. The molecule has 216 valence electrons. The van der Waals surface area contributed by atoms with Gasteiger partial charge in [0.2, 0.25) is 0 Å². The van der Waals surface area contributed by atoms with Gasteiger partial charge in [0.05, 0.1) is 31.9 Å². The molecule has 2 aliphatic heterocycles. The molecule has 1 aromatic rings. The second kappa shape index (κ2) is 12.9. The summed E-state index contributed by atoms with van der Waals surface area (Å²) in [5, 5.41) is 10.7. The van der Waals surface area contributed by atoms with Crippen LogP contribution < -0.4 is 9.47 Å². The second-order valence-electron chi connectivity index (χ2n) is 12.4. The third-order valence-electron chi connectivity index (χ3n) is 7.79. The van der Waals surface area contributed by atoms with Crippen molar-refractivity contribution >= 4 is 6.09 Å². The Morgan fingerprint density at radius 2 is 1.74 bits per heavy atom. The summed E-state index contributed by atoms with van der Waals surface area (Å²) < 4.78 is 28.9. The van der Waals surface area contributed by atoms with Crippen LogP contribution in [-0.2, 0) is 14.2 Å². The van der Waals surface area contributed by atoms with Gasteiger partial charge in [-0.05, 0) is 69.1 Å². The number of aliphatic hydroxyl groups is 1. The Hall–Kier alpha value is -2.03. The van der Waals surface area contributed by atoms with E-state index in [1.54, 1.807) is 14.2 Å². The molecule has 2 heterocycles. The third-order valence-corrected chi connectivity index (χ3v) is 7.79. The highest BCUT2D eigenvalue weighted by Gasteiger charge is 2.53. The van der Waals surface area contributed by atoms with Crippen LogP contribution in [0.3, 0.4) is 0 Å². The fourth-order valence-corrected chi connectivity index (χ4v) is 5.82. The first-order valence-corrected chi connectivity index (χ1v) is 14.0. The zero-order valence-electron chi connectivity index (χ0n) is 24.7. The number of benzene rings is 1. The normalized spacial score (nSPS) is 27.8.